The van der Waals surface area contributed by atoms with Crippen LogP contribution in [-0.2, 0) is 26.0 Å². The first-order valence-electron chi connectivity index (χ1n) is 11.8. The van der Waals surface area contributed by atoms with Crippen LogP contribution in [0.4, 0.5) is 10.5 Å². The fourth-order valence-electron chi connectivity index (χ4n) is 4.44. The lowest BCUT2D eigenvalue weighted by Gasteiger charge is -2.21. The molecule has 0 bridgehead atoms. The van der Waals surface area contributed by atoms with Gasteiger partial charge in [0.15, 0.2) is 0 Å². The van der Waals surface area contributed by atoms with Crippen LogP contribution in [0.25, 0.3) is 0 Å². The maximum Gasteiger partial charge on any atom is 0.325 e. The molecule has 2 saturated heterocycles. The van der Waals surface area contributed by atoms with E-state index in [0.29, 0.717) is 30.8 Å². The van der Waals surface area contributed by atoms with E-state index < -0.39 is 40.5 Å². The lowest BCUT2D eigenvalue weighted by molar-refractivity contribution is -0.130. The van der Waals surface area contributed by atoms with Gasteiger partial charge in [0.25, 0.3) is 5.91 Å². The van der Waals surface area contributed by atoms with Crippen LogP contribution in [0, 0.1) is 6.92 Å². The van der Waals surface area contributed by atoms with Crippen molar-refractivity contribution in [2.75, 3.05) is 25.0 Å². The fraction of sp³-hybridized carbons (Fsp3) is 0.400. The number of anilines is 1. The summed E-state index contributed by atoms with van der Waals surface area (Å²) in [5.41, 5.74) is 1.78. The zero-order chi connectivity index (χ0) is 25.0. The van der Waals surface area contributed by atoms with Gasteiger partial charge in [0.1, 0.15) is 12.6 Å². The van der Waals surface area contributed by atoms with Crippen molar-refractivity contribution in [3.63, 3.8) is 0 Å². The first-order chi connectivity index (χ1) is 16.8. The summed E-state index contributed by atoms with van der Waals surface area (Å²) in [5, 5.41) is 5.26. The molecule has 2 fully saturated rings. The Labute approximate surface area is 205 Å². The summed E-state index contributed by atoms with van der Waals surface area (Å²) in [6.45, 7) is 2.22. The zero-order valence-electron chi connectivity index (χ0n) is 19.7. The number of rotatable bonds is 7. The molecule has 0 spiro atoms. The van der Waals surface area contributed by atoms with Crippen LogP contribution in [0.15, 0.2) is 53.4 Å². The van der Waals surface area contributed by atoms with Crippen LogP contribution in [0.3, 0.4) is 0 Å². The molecule has 9 nitrogen and oxygen atoms in total. The highest BCUT2D eigenvalue weighted by molar-refractivity contribution is 7.89. The molecule has 0 aromatic heterocycles. The Balaban J connectivity index is 1.43. The number of hydrogen-bond acceptors (Lipinski definition) is 5. The average molecular weight is 499 g/mol. The number of sulfonamides is 1. The van der Waals surface area contributed by atoms with Gasteiger partial charge in [0, 0.05) is 25.2 Å². The molecule has 4 rings (SSSR count). The number of nitrogens with one attached hydrogen (secondary N) is 2. The van der Waals surface area contributed by atoms with Crippen molar-refractivity contribution in [2.45, 2.75) is 50.0 Å². The molecule has 0 saturated carbocycles. The summed E-state index contributed by atoms with van der Waals surface area (Å²) in [6, 6.07) is 12.6. The van der Waals surface area contributed by atoms with Crippen molar-refractivity contribution in [2.24, 2.45) is 0 Å². The summed E-state index contributed by atoms with van der Waals surface area (Å²) in [7, 11) is -3.70. The lowest BCUT2D eigenvalue weighted by Crippen LogP contribution is -2.38. The standard InChI is InChI=1S/C25H30N4O5S/c1-18-11-12-20(16-22(18)35(33,34)28-13-7-2-3-8-14-28)26-23(30)17-29-24(31)21(27-25(29)32)15-19-9-5-4-6-10-19/h4-6,9-12,16,21H,2-3,7-8,13-15,17H2,1H3,(H,26,30)(H,27,32). The van der Waals surface area contributed by atoms with Crippen molar-refractivity contribution >= 4 is 33.6 Å². The van der Waals surface area contributed by atoms with Crippen LogP contribution < -0.4 is 10.6 Å². The molecule has 2 aromatic rings. The fourth-order valence-corrected chi connectivity index (χ4v) is 6.20. The minimum Gasteiger partial charge on any atom is -0.325 e. The average Bonchev–Trinajstić information content (AvgIpc) is 3.03. The van der Waals surface area contributed by atoms with E-state index in [2.05, 4.69) is 10.6 Å². The summed E-state index contributed by atoms with van der Waals surface area (Å²) >= 11 is 0. The number of carbonyl (C=O) groups excluding carboxylic acids is 3. The van der Waals surface area contributed by atoms with Crippen LogP contribution >= 0.6 is 0 Å². The van der Waals surface area contributed by atoms with Gasteiger partial charge in [-0.05, 0) is 43.0 Å². The number of urea groups is 1. The van der Waals surface area contributed by atoms with Gasteiger partial charge >= 0.3 is 6.03 Å². The summed E-state index contributed by atoms with van der Waals surface area (Å²) in [4.78, 5) is 38.8. The van der Waals surface area contributed by atoms with Gasteiger partial charge in [0.05, 0.1) is 4.90 Å². The van der Waals surface area contributed by atoms with Crippen LogP contribution in [0.5, 0.6) is 0 Å². The predicted molar refractivity (Wildman–Crippen MR) is 131 cm³/mol. The molecule has 0 radical (unpaired) electrons. The topological polar surface area (TPSA) is 116 Å². The van der Waals surface area contributed by atoms with Gasteiger partial charge < -0.3 is 10.6 Å². The number of benzene rings is 2. The van der Waals surface area contributed by atoms with E-state index in [9.17, 15) is 22.8 Å². The quantitative estimate of drug-likeness (QED) is 0.570. The van der Waals surface area contributed by atoms with Crippen molar-refractivity contribution in [3.8, 4) is 0 Å². The summed E-state index contributed by atoms with van der Waals surface area (Å²) in [5.74, 6) is -1.06. The first kappa shape index (κ1) is 24.9. The summed E-state index contributed by atoms with van der Waals surface area (Å²) < 4.78 is 28.0. The molecule has 2 aliphatic heterocycles. The Morgan fingerprint density at radius 3 is 2.40 bits per heavy atom. The van der Waals surface area contributed by atoms with Crippen molar-refractivity contribution in [3.05, 3.63) is 59.7 Å². The molecule has 2 aliphatic rings. The number of amides is 4. The Morgan fingerprint density at radius 1 is 1.03 bits per heavy atom. The zero-order valence-corrected chi connectivity index (χ0v) is 20.5. The Kier molecular flexibility index (Phi) is 7.51. The Morgan fingerprint density at radius 2 is 1.71 bits per heavy atom. The molecule has 10 heteroatoms. The van der Waals surface area contributed by atoms with Crippen LogP contribution in [0.2, 0.25) is 0 Å². The third-order valence-corrected chi connectivity index (χ3v) is 8.39. The molecular weight excluding hydrogens is 468 g/mol. The van der Waals surface area contributed by atoms with Gasteiger partial charge in [-0.3, -0.25) is 14.5 Å². The molecule has 1 unspecified atom stereocenters. The molecule has 2 heterocycles. The molecule has 1 atom stereocenters. The van der Waals surface area contributed by atoms with E-state index in [-0.39, 0.29) is 4.90 Å². The van der Waals surface area contributed by atoms with Crippen LogP contribution in [0.1, 0.15) is 36.8 Å². The highest BCUT2D eigenvalue weighted by Gasteiger charge is 2.39. The van der Waals surface area contributed by atoms with E-state index in [0.717, 1.165) is 36.1 Å². The lowest BCUT2D eigenvalue weighted by atomic mass is 10.1. The minimum atomic E-state index is -3.70. The van der Waals surface area contributed by atoms with Gasteiger partial charge in [0.2, 0.25) is 15.9 Å². The van der Waals surface area contributed by atoms with E-state index in [4.69, 9.17) is 0 Å². The predicted octanol–water partition coefficient (Wildman–Crippen LogP) is 2.66. The molecule has 2 N–H and O–H groups in total. The van der Waals surface area contributed by atoms with Gasteiger partial charge in [-0.25, -0.2) is 13.2 Å². The molecule has 4 amide bonds. The normalized spacial score (nSPS) is 19.3. The Hall–Kier alpha value is -3.24. The number of nitrogens with zero attached hydrogens (tertiary/aromatic N) is 2. The van der Waals surface area contributed by atoms with Crippen molar-refractivity contribution in [1.82, 2.24) is 14.5 Å². The Bertz CT molecular complexity index is 1210. The molecule has 0 aliphatic carbocycles. The highest BCUT2D eigenvalue weighted by Crippen LogP contribution is 2.26. The first-order valence-corrected chi connectivity index (χ1v) is 13.3. The second-order valence-corrected chi connectivity index (χ2v) is 10.9. The number of imide groups is 1. The molecular formula is C25H30N4O5S. The largest absolute Gasteiger partial charge is 0.325 e. The minimum absolute atomic E-state index is 0.148. The number of carbonyl (C=O) groups is 3. The third-order valence-electron chi connectivity index (χ3n) is 6.35. The SMILES string of the molecule is Cc1ccc(NC(=O)CN2C(=O)NC(Cc3ccccc3)C2=O)cc1S(=O)(=O)N1CCCCCC1. The van der Waals surface area contributed by atoms with Crippen molar-refractivity contribution in [1.29, 1.82) is 0 Å². The third kappa shape index (κ3) is 5.71. The van der Waals surface area contributed by atoms with Crippen LogP contribution in [-0.4, -0.2) is 61.1 Å². The van der Waals surface area contributed by atoms with Gasteiger partial charge in [-0.2, -0.15) is 4.31 Å². The molecule has 2 aromatic carbocycles. The smallest absolute Gasteiger partial charge is 0.325 e. The maximum atomic E-state index is 13.3. The molecule has 186 valence electrons. The van der Waals surface area contributed by atoms with Gasteiger partial charge in [-0.1, -0.05) is 49.2 Å². The highest BCUT2D eigenvalue weighted by atomic mass is 32.2. The maximum absolute atomic E-state index is 13.3. The second-order valence-electron chi connectivity index (χ2n) is 8.96. The van der Waals surface area contributed by atoms with E-state index in [1.165, 1.54) is 10.4 Å². The monoisotopic (exact) mass is 498 g/mol. The second kappa shape index (κ2) is 10.6. The number of hydrogen-bond donors (Lipinski definition) is 2. The van der Waals surface area contributed by atoms with E-state index in [1.54, 1.807) is 19.1 Å². The number of aryl methyl sites for hydroxylation is 1. The van der Waals surface area contributed by atoms with E-state index >= 15 is 0 Å². The van der Waals surface area contributed by atoms with E-state index in [1.807, 2.05) is 30.3 Å². The van der Waals surface area contributed by atoms with Crippen molar-refractivity contribution < 1.29 is 22.8 Å². The summed E-state index contributed by atoms with van der Waals surface area (Å²) in [6.07, 6.45) is 4.00. The van der Waals surface area contributed by atoms with Gasteiger partial charge in [-0.15, -0.1) is 0 Å². The molecule has 35 heavy (non-hydrogen) atoms.